The number of alkyl halides is 2. The highest BCUT2D eigenvalue weighted by atomic mass is 19.3. The van der Waals surface area contributed by atoms with E-state index in [1.54, 1.807) is 6.07 Å². The Balaban J connectivity index is 2.50. The number of carboxylic acid groups (broad SMARTS) is 1. The second kappa shape index (κ2) is 2.67. The van der Waals surface area contributed by atoms with Gasteiger partial charge in [-0.3, -0.25) is 0 Å². The molecule has 1 unspecified atom stereocenters. The first kappa shape index (κ1) is 8.93. The number of para-hydroxylation sites is 1. The van der Waals surface area contributed by atoms with E-state index in [9.17, 15) is 13.6 Å². The first-order chi connectivity index (χ1) is 6.53. The lowest BCUT2D eigenvalue weighted by molar-refractivity contribution is -0.146. The molecule has 2 rings (SSSR count). The number of nitrogens with one attached hydrogen (secondary N) is 1. The second-order valence-corrected chi connectivity index (χ2v) is 3.08. The number of aliphatic carboxylic acids is 1. The third-order valence-electron chi connectivity index (χ3n) is 2.20. The molecule has 14 heavy (non-hydrogen) atoms. The number of carboxylic acids is 1. The summed E-state index contributed by atoms with van der Waals surface area (Å²) >= 11 is 0. The third kappa shape index (κ3) is 1.05. The van der Waals surface area contributed by atoms with Crippen LogP contribution in [0.3, 0.4) is 0 Å². The lowest BCUT2D eigenvalue weighted by Crippen LogP contribution is -2.38. The maximum atomic E-state index is 13.4. The van der Waals surface area contributed by atoms with Crippen molar-refractivity contribution in [2.75, 3.05) is 5.32 Å². The van der Waals surface area contributed by atoms with Gasteiger partial charge in [-0.25, -0.2) is 4.79 Å². The second-order valence-electron chi connectivity index (χ2n) is 3.08. The molecule has 1 aromatic rings. The van der Waals surface area contributed by atoms with Gasteiger partial charge in [0, 0.05) is 11.3 Å². The molecule has 1 aliphatic rings. The zero-order chi connectivity index (χ0) is 10.3. The van der Waals surface area contributed by atoms with E-state index >= 15 is 0 Å². The fourth-order valence-electron chi connectivity index (χ4n) is 1.52. The Morgan fingerprint density at radius 3 is 2.64 bits per heavy atom. The summed E-state index contributed by atoms with van der Waals surface area (Å²) in [7, 11) is 0. The van der Waals surface area contributed by atoms with Crippen LogP contribution >= 0.6 is 0 Å². The number of halogens is 2. The van der Waals surface area contributed by atoms with Gasteiger partial charge in [0.05, 0.1) is 0 Å². The van der Waals surface area contributed by atoms with Crippen molar-refractivity contribution in [3.8, 4) is 0 Å². The molecule has 0 aromatic heterocycles. The molecule has 0 saturated heterocycles. The molecule has 5 heteroatoms. The minimum atomic E-state index is -3.34. The molecule has 0 radical (unpaired) electrons. The molecule has 0 fully saturated rings. The van der Waals surface area contributed by atoms with Crippen LogP contribution in [0, 0.1) is 0 Å². The van der Waals surface area contributed by atoms with Gasteiger partial charge in [0.15, 0.2) is 6.04 Å². The Hall–Kier alpha value is -1.65. The molecular formula is C9H7F2NO2. The van der Waals surface area contributed by atoms with Crippen molar-refractivity contribution in [1.29, 1.82) is 0 Å². The van der Waals surface area contributed by atoms with E-state index in [1.165, 1.54) is 18.2 Å². The average molecular weight is 199 g/mol. The maximum Gasteiger partial charge on any atom is 0.332 e. The predicted molar refractivity (Wildman–Crippen MR) is 45.4 cm³/mol. The molecule has 1 heterocycles. The summed E-state index contributed by atoms with van der Waals surface area (Å²) in [6.07, 6.45) is 0. The van der Waals surface area contributed by atoms with Crippen LogP contribution in [0.4, 0.5) is 14.5 Å². The van der Waals surface area contributed by atoms with Crippen LogP contribution in [0.15, 0.2) is 24.3 Å². The molecule has 1 atom stereocenters. The fourth-order valence-corrected chi connectivity index (χ4v) is 1.52. The molecule has 1 aliphatic heterocycles. The molecular weight excluding hydrogens is 192 g/mol. The minimum Gasteiger partial charge on any atom is -0.480 e. The Kier molecular flexibility index (Phi) is 1.70. The zero-order valence-corrected chi connectivity index (χ0v) is 7.00. The van der Waals surface area contributed by atoms with E-state index in [0.29, 0.717) is 0 Å². The molecule has 0 amide bonds. The van der Waals surface area contributed by atoms with Gasteiger partial charge in [-0.15, -0.1) is 0 Å². The van der Waals surface area contributed by atoms with Gasteiger partial charge >= 0.3 is 11.9 Å². The number of rotatable bonds is 1. The highest BCUT2D eigenvalue weighted by molar-refractivity contribution is 5.83. The van der Waals surface area contributed by atoms with E-state index in [0.717, 1.165) is 0 Å². The average Bonchev–Trinajstić information content (AvgIpc) is 2.39. The Bertz CT molecular complexity index is 392. The Morgan fingerprint density at radius 2 is 2.07 bits per heavy atom. The molecule has 2 N–H and O–H groups in total. The topological polar surface area (TPSA) is 49.3 Å². The van der Waals surface area contributed by atoms with Crippen molar-refractivity contribution in [2.24, 2.45) is 0 Å². The van der Waals surface area contributed by atoms with Crippen molar-refractivity contribution >= 4 is 11.7 Å². The lowest BCUT2D eigenvalue weighted by Gasteiger charge is -2.14. The normalized spacial score (nSPS) is 22.6. The highest BCUT2D eigenvalue weighted by Gasteiger charge is 2.52. The van der Waals surface area contributed by atoms with Crippen LogP contribution in [0.25, 0.3) is 0 Å². The Labute approximate surface area is 78.4 Å². The molecule has 0 aliphatic carbocycles. The Morgan fingerprint density at radius 1 is 1.43 bits per heavy atom. The van der Waals surface area contributed by atoms with Crippen molar-refractivity contribution in [1.82, 2.24) is 0 Å². The monoisotopic (exact) mass is 199 g/mol. The summed E-state index contributed by atoms with van der Waals surface area (Å²) in [5.41, 5.74) is -0.0719. The van der Waals surface area contributed by atoms with Crippen molar-refractivity contribution in [2.45, 2.75) is 12.0 Å². The van der Waals surface area contributed by atoms with E-state index in [4.69, 9.17) is 5.11 Å². The summed E-state index contributed by atoms with van der Waals surface area (Å²) in [6, 6.07) is 3.84. The standard InChI is InChI=1S/C9H7F2NO2/c10-9(11)5-3-1-2-4-6(5)12-7(9)8(13)14/h1-4,7,12H,(H,13,14). The first-order valence-corrected chi connectivity index (χ1v) is 4.00. The van der Waals surface area contributed by atoms with E-state index in [-0.39, 0.29) is 11.3 Å². The van der Waals surface area contributed by atoms with Crippen LogP contribution in [0.5, 0.6) is 0 Å². The van der Waals surface area contributed by atoms with Gasteiger partial charge in [0.2, 0.25) is 0 Å². The van der Waals surface area contributed by atoms with Gasteiger partial charge in [0.25, 0.3) is 0 Å². The van der Waals surface area contributed by atoms with E-state index in [2.05, 4.69) is 5.32 Å². The summed E-state index contributed by atoms with van der Waals surface area (Å²) in [5, 5.41) is 10.9. The summed E-state index contributed by atoms with van der Waals surface area (Å²) < 4.78 is 26.8. The zero-order valence-electron chi connectivity index (χ0n) is 7.00. The fraction of sp³-hybridized carbons (Fsp3) is 0.222. The van der Waals surface area contributed by atoms with Crippen molar-refractivity contribution in [3.05, 3.63) is 29.8 Å². The number of carbonyl (C=O) groups is 1. The molecule has 0 bridgehead atoms. The van der Waals surface area contributed by atoms with Crippen LogP contribution in [0.2, 0.25) is 0 Å². The van der Waals surface area contributed by atoms with Crippen LogP contribution in [0.1, 0.15) is 5.56 Å². The summed E-state index contributed by atoms with van der Waals surface area (Å²) in [5.74, 6) is -4.89. The molecule has 1 aromatic carbocycles. The van der Waals surface area contributed by atoms with E-state index in [1.807, 2.05) is 0 Å². The lowest BCUT2D eigenvalue weighted by atomic mass is 10.1. The van der Waals surface area contributed by atoms with Gasteiger partial charge < -0.3 is 10.4 Å². The van der Waals surface area contributed by atoms with Crippen molar-refractivity contribution in [3.63, 3.8) is 0 Å². The first-order valence-electron chi connectivity index (χ1n) is 4.00. The maximum absolute atomic E-state index is 13.4. The quantitative estimate of drug-likeness (QED) is 0.723. The van der Waals surface area contributed by atoms with Gasteiger partial charge in [-0.05, 0) is 6.07 Å². The number of hydrogen-bond acceptors (Lipinski definition) is 2. The van der Waals surface area contributed by atoms with Gasteiger partial charge in [0.1, 0.15) is 0 Å². The molecule has 74 valence electrons. The molecule has 3 nitrogen and oxygen atoms in total. The highest BCUT2D eigenvalue weighted by Crippen LogP contribution is 2.43. The molecule has 0 spiro atoms. The molecule has 0 saturated carbocycles. The number of anilines is 1. The van der Waals surface area contributed by atoms with Gasteiger partial charge in [-0.1, -0.05) is 18.2 Å². The third-order valence-corrected chi connectivity index (χ3v) is 2.20. The minimum absolute atomic E-state index is 0.185. The smallest absolute Gasteiger partial charge is 0.332 e. The number of hydrogen-bond donors (Lipinski definition) is 2. The summed E-state index contributed by atoms with van der Waals surface area (Å²) in [6.45, 7) is 0. The van der Waals surface area contributed by atoms with Crippen LogP contribution < -0.4 is 5.32 Å². The predicted octanol–water partition coefficient (Wildman–Crippen LogP) is 1.66. The number of benzene rings is 1. The van der Waals surface area contributed by atoms with Gasteiger partial charge in [-0.2, -0.15) is 8.78 Å². The van der Waals surface area contributed by atoms with Crippen molar-refractivity contribution < 1.29 is 18.7 Å². The largest absolute Gasteiger partial charge is 0.480 e. The summed E-state index contributed by atoms with van der Waals surface area (Å²) in [4.78, 5) is 10.5. The SMILES string of the molecule is O=C(O)C1Nc2ccccc2C1(F)F. The van der Waals surface area contributed by atoms with Crippen LogP contribution in [-0.4, -0.2) is 17.1 Å². The van der Waals surface area contributed by atoms with E-state index < -0.39 is 17.9 Å². The number of fused-ring (bicyclic) bond motifs is 1. The van der Waals surface area contributed by atoms with Crippen LogP contribution in [-0.2, 0) is 10.7 Å².